The van der Waals surface area contributed by atoms with Crippen LogP contribution in [0.4, 0.5) is 0 Å². The third-order valence-corrected chi connectivity index (χ3v) is 5.03. The first-order valence-corrected chi connectivity index (χ1v) is 7.56. The first-order valence-electron chi connectivity index (χ1n) is 4.74. The minimum absolute atomic E-state index is 0.498. The van der Waals surface area contributed by atoms with Crippen LogP contribution in [0.5, 0.6) is 0 Å². The zero-order valence-corrected chi connectivity index (χ0v) is 11.3. The summed E-state index contributed by atoms with van der Waals surface area (Å²) in [5, 5.41) is 11.7. The molecule has 0 aliphatic carbocycles. The lowest BCUT2D eigenvalue weighted by molar-refractivity contribution is 0.688. The van der Waals surface area contributed by atoms with Crippen LogP contribution >= 0.6 is 22.9 Å². The van der Waals surface area contributed by atoms with Gasteiger partial charge in [-0.3, -0.25) is 4.21 Å². The van der Waals surface area contributed by atoms with E-state index in [1.165, 1.54) is 11.3 Å². The Labute approximate surface area is 111 Å². The second kappa shape index (κ2) is 5.01. The maximum absolute atomic E-state index is 11.5. The van der Waals surface area contributed by atoms with Crippen LogP contribution in [-0.4, -0.2) is 10.5 Å². The van der Waals surface area contributed by atoms with E-state index in [0.717, 1.165) is 11.1 Å². The van der Waals surface area contributed by atoms with E-state index in [4.69, 9.17) is 16.9 Å². The molecule has 0 bridgehead atoms. The second-order valence-electron chi connectivity index (χ2n) is 3.38. The third-order valence-electron chi connectivity index (χ3n) is 2.29. The van der Waals surface area contributed by atoms with Crippen LogP contribution in [-0.2, 0) is 10.8 Å². The van der Waals surface area contributed by atoms with Gasteiger partial charge in [0.15, 0.2) is 0 Å². The molecule has 5 heteroatoms. The Kier molecular flexibility index (Phi) is 3.63. The van der Waals surface area contributed by atoms with Gasteiger partial charge in [-0.05, 0) is 17.7 Å². The molecule has 2 aromatic rings. The molecule has 1 heterocycles. The van der Waals surface area contributed by atoms with Crippen molar-refractivity contribution >= 4 is 33.7 Å². The normalized spacial score (nSPS) is 12.1. The zero-order valence-electron chi connectivity index (χ0n) is 8.94. The molecule has 1 aromatic carbocycles. The quantitative estimate of drug-likeness (QED) is 0.842. The summed E-state index contributed by atoms with van der Waals surface area (Å²) in [5.41, 5.74) is 2.23. The molecule has 0 unspecified atom stereocenters. The Morgan fingerprint density at radius 3 is 2.53 bits per heavy atom. The Balaban J connectivity index is 2.57. The summed E-state index contributed by atoms with van der Waals surface area (Å²) in [6, 6.07) is 9.38. The zero-order chi connectivity index (χ0) is 12.4. The molecule has 1 aromatic heterocycles. The van der Waals surface area contributed by atoms with Crippen LogP contribution in [0.15, 0.2) is 33.9 Å². The molecule has 1 atom stereocenters. The highest BCUT2D eigenvalue weighted by Crippen LogP contribution is 2.33. The van der Waals surface area contributed by atoms with Gasteiger partial charge in [-0.2, -0.15) is 5.26 Å². The molecule has 0 amide bonds. The van der Waals surface area contributed by atoms with E-state index in [2.05, 4.69) is 6.07 Å². The van der Waals surface area contributed by atoms with Gasteiger partial charge in [0.25, 0.3) is 0 Å². The number of rotatable bonds is 2. The van der Waals surface area contributed by atoms with Crippen molar-refractivity contribution in [3.05, 3.63) is 40.2 Å². The molecule has 0 spiro atoms. The molecule has 0 saturated carbocycles. The molecule has 86 valence electrons. The van der Waals surface area contributed by atoms with Crippen LogP contribution in [0.1, 0.15) is 5.56 Å². The number of benzene rings is 1. The number of nitriles is 1. The highest BCUT2D eigenvalue weighted by Gasteiger charge is 2.15. The summed E-state index contributed by atoms with van der Waals surface area (Å²) in [6.07, 6.45) is 1.58. The third kappa shape index (κ3) is 2.42. The van der Waals surface area contributed by atoms with Crippen molar-refractivity contribution in [3.8, 4) is 17.2 Å². The number of hydrogen-bond acceptors (Lipinski definition) is 3. The lowest BCUT2D eigenvalue weighted by atomic mass is 10.1. The van der Waals surface area contributed by atoms with Gasteiger partial charge in [0.2, 0.25) is 0 Å². The molecule has 2 nitrogen and oxygen atoms in total. The van der Waals surface area contributed by atoms with E-state index in [-0.39, 0.29) is 0 Å². The van der Waals surface area contributed by atoms with Crippen molar-refractivity contribution in [2.45, 2.75) is 4.21 Å². The topological polar surface area (TPSA) is 40.9 Å². The molecular formula is C12H8ClNOS2. The van der Waals surface area contributed by atoms with Crippen molar-refractivity contribution in [1.29, 1.82) is 5.26 Å². The van der Waals surface area contributed by atoms with Crippen LogP contribution < -0.4 is 0 Å². The second-order valence-corrected chi connectivity index (χ2v) is 6.28. The van der Waals surface area contributed by atoms with Gasteiger partial charge in [-0.1, -0.05) is 23.7 Å². The predicted octanol–water partition coefficient (Wildman–Crippen LogP) is 3.68. The van der Waals surface area contributed by atoms with Gasteiger partial charge in [-0.15, -0.1) is 11.3 Å². The molecular weight excluding hydrogens is 274 g/mol. The largest absolute Gasteiger partial charge is 0.254 e. The van der Waals surface area contributed by atoms with Crippen LogP contribution in [0.25, 0.3) is 11.1 Å². The molecule has 0 aliphatic heterocycles. The summed E-state index contributed by atoms with van der Waals surface area (Å²) in [4.78, 5) is 0. The van der Waals surface area contributed by atoms with Gasteiger partial charge in [0, 0.05) is 22.2 Å². The summed E-state index contributed by atoms with van der Waals surface area (Å²) >= 11 is 7.17. The fraction of sp³-hybridized carbons (Fsp3) is 0.0833. The first-order chi connectivity index (χ1) is 8.13. The number of hydrogen-bond donors (Lipinski definition) is 0. The van der Waals surface area contributed by atoms with Crippen molar-refractivity contribution in [2.75, 3.05) is 6.26 Å². The fourth-order valence-corrected chi connectivity index (χ4v) is 3.51. The molecule has 0 radical (unpaired) electrons. The van der Waals surface area contributed by atoms with E-state index < -0.39 is 10.8 Å². The average molecular weight is 282 g/mol. The minimum Gasteiger partial charge on any atom is -0.254 e. The average Bonchev–Trinajstić information content (AvgIpc) is 2.73. The molecule has 0 N–H and O–H groups in total. The van der Waals surface area contributed by atoms with Gasteiger partial charge < -0.3 is 0 Å². The number of thiophene rings is 1. The highest BCUT2D eigenvalue weighted by atomic mass is 35.5. The van der Waals surface area contributed by atoms with E-state index in [1.54, 1.807) is 18.4 Å². The molecule has 0 aliphatic rings. The lowest BCUT2D eigenvalue weighted by Crippen LogP contribution is -1.87. The van der Waals surface area contributed by atoms with Crippen molar-refractivity contribution < 1.29 is 4.21 Å². The van der Waals surface area contributed by atoms with E-state index in [1.807, 2.05) is 17.5 Å². The molecule has 2 rings (SSSR count). The van der Waals surface area contributed by atoms with Crippen LogP contribution in [0.2, 0.25) is 5.02 Å². The van der Waals surface area contributed by atoms with Crippen molar-refractivity contribution in [1.82, 2.24) is 0 Å². The highest BCUT2D eigenvalue weighted by molar-refractivity contribution is 7.86. The lowest BCUT2D eigenvalue weighted by Gasteiger charge is -1.99. The summed E-state index contributed by atoms with van der Waals surface area (Å²) in [6.45, 7) is 0. The SMILES string of the molecule is C[S@](=O)c1scc(-c2ccc(Cl)cc2)c1C#N. The maximum atomic E-state index is 11.5. The predicted molar refractivity (Wildman–Crippen MR) is 71.8 cm³/mol. The maximum Gasteiger partial charge on any atom is 0.109 e. The van der Waals surface area contributed by atoms with Crippen LogP contribution in [0, 0.1) is 11.3 Å². The Hall–Kier alpha value is -1.15. The number of halogens is 1. The van der Waals surface area contributed by atoms with E-state index in [0.29, 0.717) is 14.8 Å². The van der Waals surface area contributed by atoms with Gasteiger partial charge >= 0.3 is 0 Å². The first kappa shape index (κ1) is 12.3. The van der Waals surface area contributed by atoms with Gasteiger partial charge in [0.1, 0.15) is 10.3 Å². The Morgan fingerprint density at radius 2 is 2.00 bits per heavy atom. The van der Waals surface area contributed by atoms with Crippen molar-refractivity contribution in [2.24, 2.45) is 0 Å². The van der Waals surface area contributed by atoms with Crippen molar-refractivity contribution in [3.63, 3.8) is 0 Å². The summed E-state index contributed by atoms with van der Waals surface area (Å²) in [5.74, 6) is 0. The van der Waals surface area contributed by atoms with E-state index >= 15 is 0 Å². The summed E-state index contributed by atoms with van der Waals surface area (Å²) < 4.78 is 12.1. The van der Waals surface area contributed by atoms with E-state index in [9.17, 15) is 4.21 Å². The standard InChI is InChI=1S/C12H8ClNOS2/c1-17(15)12-10(6-14)11(7-16-12)8-2-4-9(13)5-3-8/h2-5,7H,1H3/t17-/m0/s1. The minimum atomic E-state index is -1.13. The van der Waals surface area contributed by atoms with Gasteiger partial charge in [-0.25, -0.2) is 0 Å². The smallest absolute Gasteiger partial charge is 0.109 e. The van der Waals surface area contributed by atoms with Crippen LogP contribution in [0.3, 0.4) is 0 Å². The van der Waals surface area contributed by atoms with Gasteiger partial charge in [0.05, 0.1) is 16.4 Å². The fourth-order valence-electron chi connectivity index (χ4n) is 1.50. The molecule has 17 heavy (non-hydrogen) atoms. The monoisotopic (exact) mass is 281 g/mol. The summed E-state index contributed by atoms with van der Waals surface area (Å²) in [7, 11) is -1.13. The number of nitrogens with zero attached hydrogens (tertiary/aromatic N) is 1. The molecule has 0 saturated heterocycles. The Morgan fingerprint density at radius 1 is 1.35 bits per heavy atom. The molecule has 0 fully saturated rings. The Bertz CT molecular complexity index is 610.